The van der Waals surface area contributed by atoms with E-state index in [9.17, 15) is 14.4 Å². The Bertz CT molecular complexity index is 629. The molecule has 7 heteroatoms. The van der Waals surface area contributed by atoms with Crippen LogP contribution < -0.4 is 16.4 Å². The Balaban J connectivity index is 2.75. The number of aliphatic hydroxyl groups is 1. The van der Waals surface area contributed by atoms with Gasteiger partial charge >= 0.3 is 6.03 Å². The molecule has 27 heavy (non-hydrogen) atoms. The Morgan fingerprint density at radius 3 is 2.33 bits per heavy atom. The van der Waals surface area contributed by atoms with E-state index in [1.807, 2.05) is 13.8 Å². The van der Waals surface area contributed by atoms with Crippen molar-refractivity contribution in [3.05, 3.63) is 36.8 Å². The second kappa shape index (κ2) is 11.2. The van der Waals surface area contributed by atoms with Gasteiger partial charge in [0.2, 0.25) is 5.91 Å². The molecule has 2 atom stereocenters. The molecule has 0 bridgehead atoms. The number of hydrogen-bond acceptors (Lipinski definition) is 4. The van der Waals surface area contributed by atoms with Crippen LogP contribution in [0.25, 0.3) is 0 Å². The summed E-state index contributed by atoms with van der Waals surface area (Å²) in [5.74, 6) is -1.09. The van der Waals surface area contributed by atoms with Crippen LogP contribution in [0.2, 0.25) is 0 Å². The van der Waals surface area contributed by atoms with Crippen LogP contribution in [-0.4, -0.2) is 29.4 Å². The zero-order valence-electron chi connectivity index (χ0n) is 16.0. The van der Waals surface area contributed by atoms with Gasteiger partial charge in [0.15, 0.2) is 11.7 Å². The largest absolute Gasteiger partial charge is 0.392 e. The van der Waals surface area contributed by atoms with Crippen LogP contribution in [0.5, 0.6) is 0 Å². The van der Waals surface area contributed by atoms with Crippen LogP contribution in [0.1, 0.15) is 38.7 Å². The van der Waals surface area contributed by atoms with Crippen LogP contribution in [0.4, 0.5) is 10.5 Å². The van der Waals surface area contributed by atoms with Gasteiger partial charge in [0.25, 0.3) is 0 Å². The molecule has 0 aromatic heterocycles. The Morgan fingerprint density at radius 1 is 1.19 bits per heavy atom. The molecule has 0 fully saturated rings. The number of nitrogens with one attached hydrogen (secondary N) is 2. The van der Waals surface area contributed by atoms with Gasteiger partial charge in [0.1, 0.15) is 0 Å². The molecule has 0 radical (unpaired) electrons. The van der Waals surface area contributed by atoms with Crippen molar-refractivity contribution in [1.82, 2.24) is 5.32 Å². The number of anilines is 1. The number of ketones is 1. The van der Waals surface area contributed by atoms with E-state index in [1.165, 1.54) is 0 Å². The van der Waals surface area contributed by atoms with Crippen molar-refractivity contribution in [2.75, 3.05) is 11.9 Å². The highest BCUT2D eigenvalue weighted by Gasteiger charge is 2.29. The van der Waals surface area contributed by atoms with E-state index in [1.54, 1.807) is 24.3 Å². The summed E-state index contributed by atoms with van der Waals surface area (Å²) in [4.78, 5) is 35.9. The number of Topliss-reactive ketones (excluding diaryl/α,β-unsaturated/α-hetero) is 1. The Hall–Kier alpha value is -2.54. The predicted molar refractivity (Wildman–Crippen MR) is 105 cm³/mol. The molecule has 0 aliphatic heterocycles. The summed E-state index contributed by atoms with van der Waals surface area (Å²) >= 11 is 0. The number of carbonyl (C=O) groups excluding carboxylic acids is 3. The molecule has 148 valence electrons. The summed E-state index contributed by atoms with van der Waals surface area (Å²) in [6.07, 6.45) is 1.07. The fraction of sp³-hybridized carbons (Fsp3) is 0.500. The van der Waals surface area contributed by atoms with Gasteiger partial charge in [-0.05, 0) is 30.5 Å². The summed E-state index contributed by atoms with van der Waals surface area (Å²) in [5, 5.41) is 14.4. The second-order valence-electron chi connectivity index (χ2n) is 7.00. The van der Waals surface area contributed by atoms with Crippen molar-refractivity contribution < 1.29 is 19.5 Å². The number of rotatable bonds is 11. The van der Waals surface area contributed by atoms with E-state index in [-0.39, 0.29) is 36.6 Å². The Kier molecular flexibility index (Phi) is 9.36. The first kappa shape index (κ1) is 22.5. The fourth-order valence-corrected chi connectivity index (χ4v) is 2.59. The molecule has 3 amide bonds. The number of aliphatic hydroxyl groups excluding tert-OH is 1. The minimum absolute atomic E-state index is 0.0522. The number of hydrogen-bond donors (Lipinski definition) is 4. The lowest BCUT2D eigenvalue weighted by Crippen LogP contribution is -2.32. The molecule has 7 nitrogen and oxygen atoms in total. The van der Waals surface area contributed by atoms with Crippen LogP contribution in [0.3, 0.4) is 0 Å². The highest BCUT2D eigenvalue weighted by Crippen LogP contribution is 2.21. The molecule has 5 N–H and O–H groups in total. The summed E-state index contributed by atoms with van der Waals surface area (Å²) in [6.45, 7) is 8.01. The smallest absolute Gasteiger partial charge is 0.312 e. The fourth-order valence-electron chi connectivity index (χ4n) is 2.59. The topological polar surface area (TPSA) is 122 Å². The summed E-state index contributed by atoms with van der Waals surface area (Å²) in [7, 11) is 0. The third-order valence-electron chi connectivity index (χ3n) is 4.47. The quantitative estimate of drug-likeness (QED) is 0.349. The molecule has 0 spiro atoms. The number of amides is 3. The number of urea groups is 1. The lowest BCUT2D eigenvalue weighted by molar-refractivity contribution is -0.128. The zero-order valence-corrected chi connectivity index (χ0v) is 16.0. The molecule has 1 aromatic carbocycles. The molecule has 0 aliphatic carbocycles. The van der Waals surface area contributed by atoms with E-state index >= 15 is 0 Å². The lowest BCUT2D eigenvalue weighted by atomic mass is 9.86. The maximum Gasteiger partial charge on any atom is 0.312 e. The van der Waals surface area contributed by atoms with Gasteiger partial charge in [-0.1, -0.05) is 26.0 Å². The highest BCUT2D eigenvalue weighted by atomic mass is 16.3. The van der Waals surface area contributed by atoms with Gasteiger partial charge in [0, 0.05) is 30.5 Å². The average Bonchev–Trinajstić information content (AvgIpc) is 2.63. The van der Waals surface area contributed by atoms with Crippen molar-refractivity contribution in [3.8, 4) is 0 Å². The Morgan fingerprint density at radius 2 is 1.81 bits per heavy atom. The van der Waals surface area contributed by atoms with Crippen LogP contribution in [0, 0.1) is 24.7 Å². The number of nitrogens with two attached hydrogens (primary N) is 1. The number of primary amides is 1. The highest BCUT2D eigenvalue weighted by molar-refractivity contribution is 5.96. The molecule has 0 saturated heterocycles. The summed E-state index contributed by atoms with van der Waals surface area (Å²) in [5.41, 5.74) is 6.38. The van der Waals surface area contributed by atoms with Gasteiger partial charge in [0.05, 0.1) is 13.5 Å². The molecule has 1 aromatic rings. The van der Waals surface area contributed by atoms with Crippen molar-refractivity contribution in [3.63, 3.8) is 0 Å². The Labute approximate surface area is 160 Å². The SMILES string of the molecule is [CH2+][C@H](C(=O)C[C@@H](CCCNC(N)=O)C(=O)Nc1ccc(CO)cc1)C(C)C. The molecule has 1 rings (SSSR count). The zero-order chi connectivity index (χ0) is 20.4. The molecule has 0 unspecified atom stereocenters. The lowest BCUT2D eigenvalue weighted by Gasteiger charge is -2.18. The molecule has 0 aliphatic rings. The molecular weight excluding hydrogens is 346 g/mol. The maximum atomic E-state index is 12.7. The van der Waals surface area contributed by atoms with Crippen molar-refractivity contribution in [2.24, 2.45) is 23.5 Å². The third kappa shape index (κ3) is 8.13. The van der Waals surface area contributed by atoms with E-state index in [2.05, 4.69) is 17.6 Å². The van der Waals surface area contributed by atoms with Gasteiger partial charge in [-0.25, -0.2) is 4.79 Å². The maximum absolute atomic E-state index is 12.7. The minimum atomic E-state index is -0.617. The number of benzene rings is 1. The van der Waals surface area contributed by atoms with Gasteiger partial charge < -0.3 is 21.5 Å². The normalized spacial score (nSPS) is 13.0. The monoisotopic (exact) mass is 376 g/mol. The van der Waals surface area contributed by atoms with Crippen LogP contribution in [0.15, 0.2) is 24.3 Å². The van der Waals surface area contributed by atoms with E-state index in [0.29, 0.717) is 25.1 Å². The van der Waals surface area contributed by atoms with E-state index < -0.39 is 11.9 Å². The standard InChI is InChI=1S/C20H29N3O4/c1-13(2)14(3)18(25)11-16(5-4-10-22-20(21)27)19(26)23-17-8-6-15(12-24)7-9-17/h6-9,13-14,16,24H,3-5,10-12H2,1-2H3,(H3-,21,22,23,26,27)/p+1/t14-,16+/m0/s1. The van der Waals surface area contributed by atoms with Gasteiger partial charge in [-0.3, -0.25) is 9.59 Å². The van der Waals surface area contributed by atoms with Gasteiger partial charge in [-0.15, -0.1) is 0 Å². The average molecular weight is 376 g/mol. The predicted octanol–water partition coefficient (Wildman–Crippen LogP) is 2.25. The second-order valence-corrected chi connectivity index (χ2v) is 7.00. The third-order valence-corrected chi connectivity index (χ3v) is 4.47. The molecular formula is C20H30N3O4+. The van der Waals surface area contributed by atoms with Crippen molar-refractivity contribution in [2.45, 2.75) is 39.7 Å². The first-order valence-corrected chi connectivity index (χ1v) is 9.14. The van der Waals surface area contributed by atoms with E-state index in [4.69, 9.17) is 10.8 Å². The van der Waals surface area contributed by atoms with Gasteiger partial charge in [-0.2, -0.15) is 0 Å². The van der Waals surface area contributed by atoms with E-state index in [0.717, 1.165) is 5.56 Å². The van der Waals surface area contributed by atoms with Crippen molar-refractivity contribution in [1.29, 1.82) is 0 Å². The molecule has 0 saturated carbocycles. The van der Waals surface area contributed by atoms with Crippen molar-refractivity contribution >= 4 is 23.4 Å². The van der Waals surface area contributed by atoms with Crippen LogP contribution >= 0.6 is 0 Å². The van der Waals surface area contributed by atoms with Crippen LogP contribution in [-0.2, 0) is 16.2 Å². The molecule has 0 heterocycles. The summed E-state index contributed by atoms with van der Waals surface area (Å²) < 4.78 is 0. The minimum Gasteiger partial charge on any atom is -0.392 e. The first-order chi connectivity index (χ1) is 12.7. The first-order valence-electron chi connectivity index (χ1n) is 9.14. The number of carbonyl (C=O) groups is 3. The summed E-state index contributed by atoms with van der Waals surface area (Å²) in [6, 6.07) is 6.23.